The van der Waals surface area contributed by atoms with Gasteiger partial charge < -0.3 is 10.7 Å². The number of carbonyl (C=O) groups excluding carboxylic acids is 1. The molecule has 0 aliphatic heterocycles. The second-order valence-electron chi connectivity index (χ2n) is 2.52. The van der Waals surface area contributed by atoms with Crippen molar-refractivity contribution in [2.24, 2.45) is 0 Å². The molecular weight excluding hydrogens is 154 g/mol. The summed E-state index contributed by atoms with van der Waals surface area (Å²) < 4.78 is 0. The number of H-pyrrole nitrogens is 1. The first kappa shape index (κ1) is 6.84. The van der Waals surface area contributed by atoms with Crippen LogP contribution in [0.4, 0.5) is 5.69 Å². The summed E-state index contributed by atoms with van der Waals surface area (Å²) in [6.45, 7) is 0. The maximum Gasteiger partial charge on any atom is 0.185 e. The molecule has 3 N–H and O–H groups in total. The van der Waals surface area contributed by atoms with Crippen LogP contribution in [0, 0.1) is 0 Å². The zero-order valence-electron chi connectivity index (χ0n) is 6.24. The molecule has 0 unspecified atom stereocenters. The Hall–Kier alpha value is -1.84. The Labute approximate surface area is 68.4 Å². The van der Waals surface area contributed by atoms with Crippen molar-refractivity contribution in [1.82, 2.24) is 9.97 Å². The van der Waals surface area contributed by atoms with Gasteiger partial charge in [-0.15, -0.1) is 0 Å². The SMILES string of the molecule is Nc1ccc2nc(C=O)[nH]c2c1. The molecule has 60 valence electrons. The van der Waals surface area contributed by atoms with E-state index in [0.717, 1.165) is 11.0 Å². The minimum absolute atomic E-state index is 0.329. The number of hydrogen-bond acceptors (Lipinski definition) is 3. The molecule has 4 heteroatoms. The fraction of sp³-hybridized carbons (Fsp3) is 0. The van der Waals surface area contributed by atoms with E-state index in [4.69, 9.17) is 5.73 Å². The Balaban J connectivity index is 2.75. The first-order chi connectivity index (χ1) is 5.79. The number of aromatic nitrogens is 2. The van der Waals surface area contributed by atoms with Crippen molar-refractivity contribution in [2.75, 3.05) is 5.73 Å². The molecule has 12 heavy (non-hydrogen) atoms. The number of nitrogens with one attached hydrogen (secondary N) is 1. The predicted molar refractivity (Wildman–Crippen MR) is 45.9 cm³/mol. The summed E-state index contributed by atoms with van der Waals surface area (Å²) >= 11 is 0. The van der Waals surface area contributed by atoms with Crippen molar-refractivity contribution >= 4 is 23.0 Å². The first-order valence-electron chi connectivity index (χ1n) is 3.50. The average Bonchev–Trinajstić information content (AvgIpc) is 2.46. The number of benzene rings is 1. The summed E-state index contributed by atoms with van der Waals surface area (Å²) in [6, 6.07) is 5.27. The maximum absolute atomic E-state index is 10.3. The van der Waals surface area contributed by atoms with Gasteiger partial charge in [0.05, 0.1) is 11.0 Å². The highest BCUT2D eigenvalue weighted by atomic mass is 16.1. The normalized spacial score (nSPS) is 10.3. The fourth-order valence-electron chi connectivity index (χ4n) is 1.10. The van der Waals surface area contributed by atoms with Gasteiger partial charge in [-0.3, -0.25) is 4.79 Å². The third-order valence-corrected chi connectivity index (χ3v) is 1.64. The van der Waals surface area contributed by atoms with Gasteiger partial charge in [-0.1, -0.05) is 0 Å². The minimum Gasteiger partial charge on any atom is -0.399 e. The van der Waals surface area contributed by atoms with E-state index in [1.165, 1.54) is 0 Å². The van der Waals surface area contributed by atoms with Crippen LogP contribution in [-0.2, 0) is 0 Å². The molecule has 1 heterocycles. The highest BCUT2D eigenvalue weighted by Gasteiger charge is 2.00. The first-order valence-corrected chi connectivity index (χ1v) is 3.50. The van der Waals surface area contributed by atoms with E-state index < -0.39 is 0 Å². The van der Waals surface area contributed by atoms with Gasteiger partial charge in [0.15, 0.2) is 12.1 Å². The molecule has 4 nitrogen and oxygen atoms in total. The Morgan fingerprint density at radius 3 is 3.08 bits per heavy atom. The zero-order chi connectivity index (χ0) is 8.55. The number of nitrogens with two attached hydrogens (primary N) is 1. The molecular formula is C8H7N3O. The topological polar surface area (TPSA) is 71.8 Å². The molecule has 0 spiro atoms. The van der Waals surface area contributed by atoms with Crippen LogP contribution in [0.5, 0.6) is 0 Å². The maximum atomic E-state index is 10.3. The van der Waals surface area contributed by atoms with E-state index in [-0.39, 0.29) is 0 Å². The number of nitrogens with zero attached hydrogens (tertiary/aromatic N) is 1. The second kappa shape index (κ2) is 2.34. The van der Waals surface area contributed by atoms with E-state index in [9.17, 15) is 4.79 Å². The van der Waals surface area contributed by atoms with Crippen LogP contribution in [0.1, 0.15) is 10.6 Å². The smallest absolute Gasteiger partial charge is 0.185 e. The summed E-state index contributed by atoms with van der Waals surface area (Å²) in [5.41, 5.74) is 7.74. The summed E-state index contributed by atoms with van der Waals surface area (Å²) in [6.07, 6.45) is 0.677. The van der Waals surface area contributed by atoms with Crippen LogP contribution in [0.3, 0.4) is 0 Å². The Morgan fingerprint density at radius 1 is 1.50 bits per heavy atom. The van der Waals surface area contributed by atoms with Crippen LogP contribution in [-0.4, -0.2) is 16.3 Å². The largest absolute Gasteiger partial charge is 0.399 e. The van der Waals surface area contributed by atoms with Crippen LogP contribution < -0.4 is 5.73 Å². The van der Waals surface area contributed by atoms with Crippen LogP contribution >= 0.6 is 0 Å². The van der Waals surface area contributed by atoms with Gasteiger partial charge >= 0.3 is 0 Å². The monoisotopic (exact) mass is 161 g/mol. The third kappa shape index (κ3) is 0.934. The fourth-order valence-corrected chi connectivity index (χ4v) is 1.10. The van der Waals surface area contributed by atoms with Crippen molar-refractivity contribution in [3.05, 3.63) is 24.0 Å². The lowest BCUT2D eigenvalue weighted by Crippen LogP contribution is -1.82. The lowest BCUT2D eigenvalue weighted by molar-refractivity contribution is 0.111. The number of rotatable bonds is 1. The molecule has 1 aromatic carbocycles. The van der Waals surface area contributed by atoms with Crippen molar-refractivity contribution in [3.63, 3.8) is 0 Å². The van der Waals surface area contributed by atoms with Gasteiger partial charge in [0.1, 0.15) is 0 Å². The van der Waals surface area contributed by atoms with E-state index in [2.05, 4.69) is 9.97 Å². The number of carbonyl (C=O) groups is 1. The van der Waals surface area contributed by atoms with Gasteiger partial charge in [-0.25, -0.2) is 4.98 Å². The zero-order valence-corrected chi connectivity index (χ0v) is 6.24. The molecule has 0 fully saturated rings. The van der Waals surface area contributed by atoms with Gasteiger partial charge in [-0.2, -0.15) is 0 Å². The van der Waals surface area contributed by atoms with Crippen molar-refractivity contribution in [1.29, 1.82) is 0 Å². The van der Waals surface area contributed by atoms with Crippen molar-refractivity contribution in [2.45, 2.75) is 0 Å². The molecule has 0 saturated carbocycles. The molecule has 0 radical (unpaired) electrons. The summed E-state index contributed by atoms with van der Waals surface area (Å²) in [5, 5.41) is 0. The highest BCUT2D eigenvalue weighted by molar-refractivity contribution is 5.83. The third-order valence-electron chi connectivity index (χ3n) is 1.64. The van der Waals surface area contributed by atoms with E-state index >= 15 is 0 Å². The van der Waals surface area contributed by atoms with Crippen molar-refractivity contribution < 1.29 is 4.79 Å². The number of aromatic amines is 1. The summed E-state index contributed by atoms with van der Waals surface area (Å²) in [5.74, 6) is 0.329. The predicted octanol–water partition coefficient (Wildman–Crippen LogP) is 0.958. The van der Waals surface area contributed by atoms with Gasteiger partial charge in [0, 0.05) is 5.69 Å². The van der Waals surface area contributed by atoms with Gasteiger partial charge in [0.2, 0.25) is 0 Å². The minimum atomic E-state index is 0.329. The molecule has 0 bridgehead atoms. The lowest BCUT2D eigenvalue weighted by Gasteiger charge is -1.89. The molecule has 2 rings (SSSR count). The average molecular weight is 161 g/mol. The summed E-state index contributed by atoms with van der Waals surface area (Å²) in [4.78, 5) is 17.2. The quantitative estimate of drug-likeness (QED) is 0.483. The molecule has 0 atom stereocenters. The van der Waals surface area contributed by atoms with Crippen LogP contribution in [0.25, 0.3) is 11.0 Å². The molecule has 2 aromatic rings. The molecule has 0 amide bonds. The Bertz CT molecular complexity index is 433. The van der Waals surface area contributed by atoms with Crippen LogP contribution in [0.2, 0.25) is 0 Å². The van der Waals surface area contributed by atoms with E-state index in [1.807, 2.05) is 0 Å². The number of aldehydes is 1. The summed E-state index contributed by atoms with van der Waals surface area (Å²) in [7, 11) is 0. The highest BCUT2D eigenvalue weighted by Crippen LogP contribution is 2.13. The Morgan fingerprint density at radius 2 is 2.33 bits per heavy atom. The number of nitrogen functional groups attached to an aromatic ring is 1. The molecule has 0 aliphatic carbocycles. The number of hydrogen-bond donors (Lipinski definition) is 2. The van der Waals surface area contributed by atoms with E-state index in [0.29, 0.717) is 17.8 Å². The number of fused-ring (bicyclic) bond motifs is 1. The number of anilines is 1. The molecule has 1 aromatic heterocycles. The second-order valence-corrected chi connectivity index (χ2v) is 2.52. The molecule has 0 saturated heterocycles. The van der Waals surface area contributed by atoms with E-state index in [1.54, 1.807) is 18.2 Å². The Kier molecular flexibility index (Phi) is 1.33. The number of imidazole rings is 1. The van der Waals surface area contributed by atoms with Gasteiger partial charge in [-0.05, 0) is 18.2 Å². The van der Waals surface area contributed by atoms with Crippen LogP contribution in [0.15, 0.2) is 18.2 Å². The van der Waals surface area contributed by atoms with Crippen molar-refractivity contribution in [3.8, 4) is 0 Å². The lowest BCUT2D eigenvalue weighted by atomic mass is 10.3. The van der Waals surface area contributed by atoms with Gasteiger partial charge in [0.25, 0.3) is 0 Å². The standard InChI is InChI=1S/C8H7N3O/c9-5-1-2-6-7(3-5)11-8(4-12)10-6/h1-4H,9H2,(H,10,11). The molecule has 0 aliphatic rings.